The van der Waals surface area contributed by atoms with E-state index in [-0.39, 0.29) is 13.2 Å². The lowest BCUT2D eigenvalue weighted by Gasteiger charge is -2.49. The normalized spacial score (nSPS) is 52.6. The van der Waals surface area contributed by atoms with Gasteiger partial charge in [-0.3, -0.25) is 4.90 Å². The molecule has 2 aliphatic heterocycles. The molecule has 0 saturated carbocycles. The standard InChI is InChI=1S/C8H15NO6/c10-4-1-9-3(5(11)6(4)12)2-15-8(14)7(9)13/h3-8,10-14H,1-2H2/t3-,4+,5+,6-,7?,8?/m1/s1. The first-order valence-electron chi connectivity index (χ1n) is 4.80. The van der Waals surface area contributed by atoms with Gasteiger partial charge in [-0.1, -0.05) is 0 Å². The molecule has 2 heterocycles. The number of nitrogens with zero attached hydrogens (tertiary/aromatic N) is 1. The Kier molecular flexibility index (Phi) is 2.95. The summed E-state index contributed by atoms with van der Waals surface area (Å²) in [6, 6.07) is -0.609. The number of piperidine rings is 1. The molecule has 0 aromatic rings. The minimum atomic E-state index is -1.35. The van der Waals surface area contributed by atoms with Gasteiger partial charge in [0.15, 0.2) is 12.5 Å². The van der Waals surface area contributed by atoms with Crippen molar-refractivity contribution in [2.75, 3.05) is 13.2 Å². The molecule has 2 fully saturated rings. The smallest absolute Gasteiger partial charge is 0.195 e. The van der Waals surface area contributed by atoms with E-state index < -0.39 is 36.9 Å². The molecule has 0 aromatic heterocycles. The zero-order valence-corrected chi connectivity index (χ0v) is 7.97. The van der Waals surface area contributed by atoms with Gasteiger partial charge in [0.05, 0.1) is 18.8 Å². The van der Waals surface area contributed by atoms with E-state index in [2.05, 4.69) is 0 Å². The molecule has 0 radical (unpaired) electrons. The van der Waals surface area contributed by atoms with Crippen LogP contribution in [-0.4, -0.2) is 80.5 Å². The average Bonchev–Trinajstić information content (AvgIpc) is 2.21. The van der Waals surface area contributed by atoms with Crippen LogP contribution in [0.4, 0.5) is 0 Å². The summed E-state index contributed by atoms with van der Waals surface area (Å²) in [5.74, 6) is 0. The third-order valence-electron chi connectivity index (χ3n) is 2.99. The van der Waals surface area contributed by atoms with Crippen molar-refractivity contribution >= 4 is 0 Å². The van der Waals surface area contributed by atoms with Gasteiger partial charge in [-0.25, -0.2) is 0 Å². The molecule has 15 heavy (non-hydrogen) atoms. The molecule has 2 aliphatic rings. The van der Waals surface area contributed by atoms with E-state index in [9.17, 15) is 25.5 Å². The molecule has 7 heteroatoms. The first kappa shape index (κ1) is 11.2. The Bertz CT molecular complexity index is 239. The van der Waals surface area contributed by atoms with E-state index in [4.69, 9.17) is 4.74 Å². The lowest BCUT2D eigenvalue weighted by molar-refractivity contribution is -0.291. The van der Waals surface area contributed by atoms with Crippen LogP contribution in [0.25, 0.3) is 0 Å². The van der Waals surface area contributed by atoms with Crippen molar-refractivity contribution in [2.45, 2.75) is 36.9 Å². The van der Waals surface area contributed by atoms with Crippen LogP contribution in [0.15, 0.2) is 0 Å². The molecule has 0 amide bonds. The van der Waals surface area contributed by atoms with Gasteiger partial charge in [0, 0.05) is 6.54 Å². The van der Waals surface area contributed by atoms with E-state index in [1.807, 2.05) is 0 Å². The zero-order chi connectivity index (χ0) is 11.2. The first-order valence-corrected chi connectivity index (χ1v) is 4.80. The van der Waals surface area contributed by atoms with E-state index in [1.54, 1.807) is 0 Å². The molecule has 2 rings (SSSR count). The van der Waals surface area contributed by atoms with Crippen molar-refractivity contribution in [1.82, 2.24) is 4.90 Å². The van der Waals surface area contributed by atoms with Gasteiger partial charge in [0.25, 0.3) is 0 Å². The maximum absolute atomic E-state index is 9.62. The third-order valence-corrected chi connectivity index (χ3v) is 2.99. The second kappa shape index (κ2) is 3.95. The number of fused-ring (bicyclic) bond motifs is 1. The van der Waals surface area contributed by atoms with Gasteiger partial charge in [0.2, 0.25) is 0 Å². The summed E-state index contributed by atoms with van der Waals surface area (Å²) in [4.78, 5) is 1.33. The van der Waals surface area contributed by atoms with Crippen molar-refractivity contribution in [3.63, 3.8) is 0 Å². The Morgan fingerprint density at radius 3 is 2.33 bits per heavy atom. The van der Waals surface area contributed by atoms with Crippen LogP contribution in [0, 0.1) is 0 Å². The molecule has 5 N–H and O–H groups in total. The van der Waals surface area contributed by atoms with Crippen LogP contribution in [0.2, 0.25) is 0 Å². The van der Waals surface area contributed by atoms with Crippen molar-refractivity contribution in [2.24, 2.45) is 0 Å². The van der Waals surface area contributed by atoms with Gasteiger partial charge < -0.3 is 30.3 Å². The second-order valence-corrected chi connectivity index (χ2v) is 3.95. The van der Waals surface area contributed by atoms with Crippen LogP contribution in [0.3, 0.4) is 0 Å². The van der Waals surface area contributed by atoms with Gasteiger partial charge in [0.1, 0.15) is 12.2 Å². The summed E-state index contributed by atoms with van der Waals surface area (Å²) in [5, 5.41) is 47.2. The van der Waals surface area contributed by atoms with Gasteiger partial charge in [-0.2, -0.15) is 0 Å². The molecular weight excluding hydrogens is 206 g/mol. The van der Waals surface area contributed by atoms with Crippen LogP contribution in [0.5, 0.6) is 0 Å². The van der Waals surface area contributed by atoms with E-state index in [1.165, 1.54) is 4.90 Å². The number of aliphatic hydroxyl groups is 5. The topological polar surface area (TPSA) is 114 Å². The van der Waals surface area contributed by atoms with E-state index >= 15 is 0 Å². The van der Waals surface area contributed by atoms with E-state index in [0.717, 1.165) is 0 Å². The number of aliphatic hydroxyl groups excluding tert-OH is 5. The van der Waals surface area contributed by atoms with Crippen LogP contribution in [-0.2, 0) is 4.74 Å². The van der Waals surface area contributed by atoms with Gasteiger partial charge >= 0.3 is 0 Å². The molecule has 0 aromatic carbocycles. The molecule has 2 unspecified atom stereocenters. The Labute approximate surface area is 86.1 Å². The van der Waals surface area contributed by atoms with Crippen molar-refractivity contribution in [3.8, 4) is 0 Å². The van der Waals surface area contributed by atoms with Crippen molar-refractivity contribution < 1.29 is 30.3 Å². The van der Waals surface area contributed by atoms with Crippen LogP contribution in [0.1, 0.15) is 0 Å². The zero-order valence-electron chi connectivity index (χ0n) is 7.97. The largest absolute Gasteiger partial charge is 0.389 e. The molecule has 0 spiro atoms. The summed E-state index contributed by atoms with van der Waals surface area (Å²) in [6.07, 6.45) is -6.24. The Hall–Kier alpha value is -0.280. The highest BCUT2D eigenvalue weighted by Crippen LogP contribution is 2.25. The molecule has 0 bridgehead atoms. The Balaban J connectivity index is 2.15. The quantitative estimate of drug-likeness (QED) is 0.287. The van der Waals surface area contributed by atoms with Crippen molar-refractivity contribution in [3.05, 3.63) is 0 Å². The minimum Gasteiger partial charge on any atom is -0.389 e. The summed E-state index contributed by atoms with van der Waals surface area (Å²) < 4.78 is 4.82. The molecular formula is C8H15NO6. The molecule has 2 saturated heterocycles. The summed E-state index contributed by atoms with van der Waals surface area (Å²) in [5.41, 5.74) is 0. The number of hydrogen-bond donors (Lipinski definition) is 5. The fourth-order valence-electron chi connectivity index (χ4n) is 2.06. The lowest BCUT2D eigenvalue weighted by Crippen LogP contribution is -2.69. The van der Waals surface area contributed by atoms with Gasteiger partial charge in [-0.15, -0.1) is 0 Å². The minimum absolute atomic E-state index is 0.00315. The number of morpholine rings is 1. The van der Waals surface area contributed by atoms with Crippen LogP contribution < -0.4 is 0 Å². The number of rotatable bonds is 0. The molecule has 88 valence electrons. The third kappa shape index (κ3) is 1.76. The highest BCUT2D eigenvalue weighted by atomic mass is 16.6. The summed E-state index contributed by atoms with van der Waals surface area (Å²) >= 11 is 0. The molecule has 6 atom stereocenters. The first-order chi connectivity index (χ1) is 7.02. The lowest BCUT2D eigenvalue weighted by atomic mass is 9.93. The maximum Gasteiger partial charge on any atom is 0.195 e. The second-order valence-electron chi connectivity index (χ2n) is 3.95. The fraction of sp³-hybridized carbons (Fsp3) is 1.00. The van der Waals surface area contributed by atoms with Crippen LogP contribution >= 0.6 is 0 Å². The Morgan fingerprint density at radius 1 is 1.00 bits per heavy atom. The summed E-state index contributed by atoms with van der Waals surface area (Å²) in [7, 11) is 0. The summed E-state index contributed by atoms with van der Waals surface area (Å²) in [6.45, 7) is -0.00630. The number of hydrogen-bond acceptors (Lipinski definition) is 7. The SMILES string of the molecule is OC1OC[C@@H]2[C@H](O)[C@H](O)[C@@H](O)CN2C1O. The van der Waals surface area contributed by atoms with Gasteiger partial charge in [-0.05, 0) is 0 Å². The van der Waals surface area contributed by atoms with Crippen molar-refractivity contribution in [1.29, 1.82) is 0 Å². The molecule has 0 aliphatic carbocycles. The molecule has 7 nitrogen and oxygen atoms in total. The van der Waals surface area contributed by atoms with E-state index in [0.29, 0.717) is 0 Å². The fourth-order valence-corrected chi connectivity index (χ4v) is 2.06. The Morgan fingerprint density at radius 2 is 1.67 bits per heavy atom. The maximum atomic E-state index is 9.62. The highest BCUT2D eigenvalue weighted by molar-refractivity contribution is 4.97. The number of ether oxygens (including phenoxy) is 1. The predicted octanol–water partition coefficient (Wildman–Crippen LogP) is -3.58. The monoisotopic (exact) mass is 221 g/mol. The average molecular weight is 221 g/mol. The predicted molar refractivity (Wildman–Crippen MR) is 46.5 cm³/mol. The highest BCUT2D eigenvalue weighted by Gasteiger charge is 2.48.